The van der Waals surface area contributed by atoms with Crippen molar-refractivity contribution in [1.82, 2.24) is 10.2 Å². The van der Waals surface area contributed by atoms with Gasteiger partial charge in [0.05, 0.1) is 5.84 Å². The van der Waals surface area contributed by atoms with Gasteiger partial charge in [-0.2, -0.15) is 0 Å². The molecule has 1 aliphatic rings. The Morgan fingerprint density at radius 2 is 2.13 bits per heavy atom. The van der Waals surface area contributed by atoms with Crippen molar-refractivity contribution in [3.63, 3.8) is 0 Å². The van der Waals surface area contributed by atoms with Crippen LogP contribution in [0.15, 0.2) is 0 Å². The van der Waals surface area contributed by atoms with Crippen molar-refractivity contribution in [3.8, 4) is 0 Å². The Morgan fingerprint density at radius 3 is 2.67 bits per heavy atom. The number of rotatable bonds is 3. The normalized spacial score (nSPS) is 17.5. The van der Waals surface area contributed by atoms with Crippen molar-refractivity contribution in [3.05, 3.63) is 0 Å². The van der Waals surface area contributed by atoms with E-state index in [1.54, 1.807) is 0 Å². The minimum Gasteiger partial charge on any atom is -0.388 e. The van der Waals surface area contributed by atoms with Crippen LogP contribution in [0.5, 0.6) is 0 Å². The van der Waals surface area contributed by atoms with Gasteiger partial charge < -0.3 is 16.0 Å². The number of hydrogen-bond acceptors (Lipinski definition) is 2. The SMILES string of the molecule is CC1CCN(C(=O)NCCC(=N)N)CC1. The highest BCUT2D eigenvalue weighted by atomic mass is 16.2. The first-order chi connectivity index (χ1) is 7.09. The van der Waals surface area contributed by atoms with Crippen molar-refractivity contribution in [2.75, 3.05) is 19.6 Å². The van der Waals surface area contributed by atoms with Gasteiger partial charge in [-0.05, 0) is 18.8 Å². The minimum atomic E-state index is -0.0249. The molecule has 4 N–H and O–H groups in total. The van der Waals surface area contributed by atoms with E-state index in [4.69, 9.17) is 11.1 Å². The topological polar surface area (TPSA) is 82.2 Å². The van der Waals surface area contributed by atoms with E-state index in [1.807, 2.05) is 4.90 Å². The Morgan fingerprint density at radius 1 is 1.53 bits per heavy atom. The molecule has 0 radical (unpaired) electrons. The Kier molecular flexibility index (Phi) is 4.39. The lowest BCUT2D eigenvalue weighted by atomic mass is 10.00. The predicted octanol–water partition coefficient (Wildman–Crippen LogP) is 0.754. The summed E-state index contributed by atoms with van der Waals surface area (Å²) in [5.41, 5.74) is 5.19. The molecule has 0 unspecified atom stereocenters. The number of piperidine rings is 1. The van der Waals surface area contributed by atoms with E-state index in [2.05, 4.69) is 12.2 Å². The summed E-state index contributed by atoms with van der Waals surface area (Å²) >= 11 is 0. The van der Waals surface area contributed by atoms with Gasteiger partial charge in [-0.3, -0.25) is 5.41 Å². The molecule has 0 bridgehead atoms. The molecule has 0 aromatic rings. The van der Waals surface area contributed by atoms with Crippen LogP contribution < -0.4 is 11.1 Å². The zero-order valence-electron chi connectivity index (χ0n) is 9.25. The van der Waals surface area contributed by atoms with Gasteiger partial charge in [0.1, 0.15) is 0 Å². The first-order valence-corrected chi connectivity index (χ1v) is 5.45. The summed E-state index contributed by atoms with van der Waals surface area (Å²) < 4.78 is 0. The Labute approximate surface area is 90.5 Å². The molecule has 5 heteroatoms. The molecule has 0 aromatic carbocycles. The van der Waals surface area contributed by atoms with Crippen molar-refractivity contribution in [1.29, 1.82) is 5.41 Å². The number of urea groups is 1. The molecule has 0 saturated carbocycles. The molecule has 1 fully saturated rings. The molecule has 15 heavy (non-hydrogen) atoms. The third-order valence-electron chi connectivity index (χ3n) is 2.74. The quantitative estimate of drug-likeness (QED) is 0.476. The molecule has 1 saturated heterocycles. The van der Waals surface area contributed by atoms with Crippen molar-refractivity contribution < 1.29 is 4.79 Å². The molecule has 0 atom stereocenters. The van der Waals surface area contributed by atoms with Crippen LogP contribution in [0.4, 0.5) is 4.79 Å². The number of hydrogen-bond donors (Lipinski definition) is 3. The minimum absolute atomic E-state index is 0.0249. The van der Waals surface area contributed by atoms with Crippen LogP contribution in [0.2, 0.25) is 0 Å². The second-order valence-electron chi connectivity index (χ2n) is 4.18. The van der Waals surface area contributed by atoms with E-state index >= 15 is 0 Å². The molecule has 2 amide bonds. The van der Waals surface area contributed by atoms with Gasteiger partial charge in [0.15, 0.2) is 0 Å². The van der Waals surface area contributed by atoms with Gasteiger partial charge in [-0.15, -0.1) is 0 Å². The van der Waals surface area contributed by atoms with E-state index in [0.717, 1.165) is 31.8 Å². The Bertz CT molecular complexity index is 234. The Balaban J connectivity index is 2.19. The largest absolute Gasteiger partial charge is 0.388 e. The average Bonchev–Trinajstić information content (AvgIpc) is 2.18. The van der Waals surface area contributed by atoms with Crippen molar-refractivity contribution >= 4 is 11.9 Å². The van der Waals surface area contributed by atoms with Crippen LogP contribution in [0.1, 0.15) is 26.2 Å². The molecule has 1 aliphatic heterocycles. The number of likely N-dealkylation sites (tertiary alicyclic amines) is 1. The lowest BCUT2D eigenvalue weighted by Crippen LogP contribution is -2.44. The van der Waals surface area contributed by atoms with Crippen molar-refractivity contribution in [2.45, 2.75) is 26.2 Å². The fourth-order valence-electron chi connectivity index (χ4n) is 1.63. The highest BCUT2D eigenvalue weighted by molar-refractivity contribution is 5.78. The van der Waals surface area contributed by atoms with E-state index in [0.29, 0.717) is 13.0 Å². The average molecular weight is 212 g/mol. The van der Waals surface area contributed by atoms with Gasteiger partial charge in [0, 0.05) is 26.1 Å². The zero-order valence-corrected chi connectivity index (χ0v) is 9.25. The van der Waals surface area contributed by atoms with E-state index in [1.165, 1.54) is 0 Å². The first-order valence-electron chi connectivity index (χ1n) is 5.45. The number of amidine groups is 1. The fraction of sp³-hybridized carbons (Fsp3) is 0.800. The summed E-state index contributed by atoms with van der Waals surface area (Å²) in [6.07, 6.45) is 2.59. The summed E-state index contributed by atoms with van der Waals surface area (Å²) in [7, 11) is 0. The number of carbonyl (C=O) groups is 1. The second kappa shape index (κ2) is 5.58. The van der Waals surface area contributed by atoms with Gasteiger partial charge in [-0.25, -0.2) is 4.79 Å². The van der Waals surface area contributed by atoms with Crippen LogP contribution in [-0.4, -0.2) is 36.4 Å². The number of nitrogens with two attached hydrogens (primary N) is 1. The van der Waals surface area contributed by atoms with Crippen LogP contribution in [-0.2, 0) is 0 Å². The summed E-state index contributed by atoms with van der Waals surface area (Å²) in [5, 5.41) is 9.79. The molecule has 0 spiro atoms. The molecular formula is C10H20N4O. The lowest BCUT2D eigenvalue weighted by molar-refractivity contribution is 0.174. The highest BCUT2D eigenvalue weighted by Gasteiger charge is 2.19. The van der Waals surface area contributed by atoms with Crippen LogP contribution in [0.25, 0.3) is 0 Å². The number of amides is 2. The third-order valence-corrected chi connectivity index (χ3v) is 2.74. The molecule has 0 aliphatic carbocycles. The van der Waals surface area contributed by atoms with Crippen LogP contribution in [0, 0.1) is 11.3 Å². The predicted molar refractivity (Wildman–Crippen MR) is 59.9 cm³/mol. The second-order valence-corrected chi connectivity index (χ2v) is 4.18. The molecule has 1 heterocycles. The summed E-state index contributed by atoms with van der Waals surface area (Å²) in [6.45, 7) is 4.35. The number of nitrogens with zero attached hydrogens (tertiary/aromatic N) is 1. The van der Waals surface area contributed by atoms with E-state index in [-0.39, 0.29) is 11.9 Å². The summed E-state index contributed by atoms with van der Waals surface area (Å²) in [5.74, 6) is 0.842. The fourth-order valence-corrected chi connectivity index (χ4v) is 1.63. The van der Waals surface area contributed by atoms with Gasteiger partial charge in [0.25, 0.3) is 0 Å². The maximum Gasteiger partial charge on any atom is 0.317 e. The van der Waals surface area contributed by atoms with Crippen LogP contribution >= 0.6 is 0 Å². The molecular weight excluding hydrogens is 192 g/mol. The van der Waals surface area contributed by atoms with E-state index in [9.17, 15) is 4.79 Å². The Hall–Kier alpha value is -1.26. The summed E-state index contributed by atoms with van der Waals surface area (Å²) in [6, 6.07) is -0.0249. The molecule has 1 rings (SSSR count). The standard InChI is InChI=1S/C10H20N4O/c1-8-3-6-14(7-4-8)10(15)13-5-2-9(11)12/h8H,2-7H2,1H3,(H3,11,12)(H,13,15). The highest BCUT2D eigenvalue weighted by Crippen LogP contribution is 2.15. The zero-order chi connectivity index (χ0) is 11.3. The maximum absolute atomic E-state index is 11.6. The molecule has 0 aromatic heterocycles. The van der Waals surface area contributed by atoms with Gasteiger partial charge in [-0.1, -0.05) is 6.92 Å². The summed E-state index contributed by atoms with van der Waals surface area (Å²) in [4.78, 5) is 13.4. The molecule has 86 valence electrons. The monoisotopic (exact) mass is 212 g/mol. The van der Waals surface area contributed by atoms with E-state index < -0.39 is 0 Å². The maximum atomic E-state index is 11.6. The third kappa shape index (κ3) is 4.18. The number of carbonyl (C=O) groups excluding carboxylic acids is 1. The smallest absolute Gasteiger partial charge is 0.317 e. The van der Waals surface area contributed by atoms with Gasteiger partial charge >= 0.3 is 6.03 Å². The van der Waals surface area contributed by atoms with Crippen molar-refractivity contribution in [2.24, 2.45) is 11.7 Å². The first kappa shape index (κ1) is 11.8. The van der Waals surface area contributed by atoms with Crippen LogP contribution in [0.3, 0.4) is 0 Å². The number of nitrogens with one attached hydrogen (secondary N) is 2. The van der Waals surface area contributed by atoms with Gasteiger partial charge in [0.2, 0.25) is 0 Å². The lowest BCUT2D eigenvalue weighted by Gasteiger charge is -2.30. The molecule has 5 nitrogen and oxygen atoms in total.